The van der Waals surface area contributed by atoms with Crippen LogP contribution in [0.5, 0.6) is 5.75 Å². The van der Waals surface area contributed by atoms with Crippen LogP contribution in [0.4, 0.5) is 0 Å². The molecular formula is C18H29NO. The SMILES string of the molecule is Cc1cc(C(C)(C)C)ccc1OCC(N)C1CCCC1. The van der Waals surface area contributed by atoms with Gasteiger partial charge in [0.1, 0.15) is 12.4 Å². The third-order valence-corrected chi connectivity index (χ3v) is 4.48. The Morgan fingerprint density at radius 2 is 1.90 bits per heavy atom. The van der Waals surface area contributed by atoms with Crippen molar-refractivity contribution in [2.24, 2.45) is 11.7 Å². The van der Waals surface area contributed by atoms with Gasteiger partial charge in [0, 0.05) is 6.04 Å². The summed E-state index contributed by atoms with van der Waals surface area (Å²) in [7, 11) is 0. The smallest absolute Gasteiger partial charge is 0.122 e. The molecule has 0 heterocycles. The lowest BCUT2D eigenvalue weighted by molar-refractivity contribution is 0.246. The molecule has 1 aromatic carbocycles. The third kappa shape index (κ3) is 3.76. The molecule has 0 bridgehead atoms. The van der Waals surface area contributed by atoms with Gasteiger partial charge in [-0.3, -0.25) is 0 Å². The van der Waals surface area contributed by atoms with Crippen LogP contribution in [0.2, 0.25) is 0 Å². The topological polar surface area (TPSA) is 35.2 Å². The number of ether oxygens (including phenoxy) is 1. The van der Waals surface area contributed by atoms with E-state index in [9.17, 15) is 0 Å². The minimum atomic E-state index is 0.180. The molecule has 0 saturated heterocycles. The van der Waals surface area contributed by atoms with Crippen molar-refractivity contribution in [2.45, 2.75) is 64.8 Å². The molecule has 0 aromatic heterocycles. The molecule has 1 saturated carbocycles. The molecule has 0 amide bonds. The second-order valence-electron chi connectivity index (χ2n) is 7.25. The summed E-state index contributed by atoms with van der Waals surface area (Å²) < 4.78 is 5.95. The highest BCUT2D eigenvalue weighted by Gasteiger charge is 2.22. The van der Waals surface area contributed by atoms with E-state index < -0.39 is 0 Å². The van der Waals surface area contributed by atoms with Crippen LogP contribution in [0.3, 0.4) is 0 Å². The van der Waals surface area contributed by atoms with E-state index in [0.29, 0.717) is 12.5 Å². The molecule has 2 heteroatoms. The summed E-state index contributed by atoms with van der Waals surface area (Å²) in [4.78, 5) is 0. The summed E-state index contributed by atoms with van der Waals surface area (Å²) in [5.74, 6) is 1.63. The minimum absolute atomic E-state index is 0.180. The second-order valence-corrected chi connectivity index (χ2v) is 7.25. The standard InChI is InChI=1S/C18H29NO/c1-13-11-15(18(2,3)4)9-10-17(13)20-12-16(19)14-7-5-6-8-14/h9-11,14,16H,5-8,12,19H2,1-4H3. The summed E-state index contributed by atoms with van der Waals surface area (Å²) in [6, 6.07) is 6.68. The lowest BCUT2D eigenvalue weighted by Crippen LogP contribution is -2.34. The zero-order valence-electron chi connectivity index (χ0n) is 13.4. The molecule has 20 heavy (non-hydrogen) atoms. The lowest BCUT2D eigenvalue weighted by atomic mass is 9.86. The Kier molecular flexibility index (Phi) is 4.74. The Morgan fingerprint density at radius 1 is 1.25 bits per heavy atom. The van der Waals surface area contributed by atoms with Crippen LogP contribution in [0.1, 0.15) is 57.6 Å². The lowest BCUT2D eigenvalue weighted by Gasteiger charge is -2.22. The summed E-state index contributed by atoms with van der Waals surface area (Å²) in [6.45, 7) is 9.46. The molecule has 1 aromatic rings. The van der Waals surface area contributed by atoms with Crippen LogP contribution in [0, 0.1) is 12.8 Å². The van der Waals surface area contributed by atoms with E-state index in [1.54, 1.807) is 0 Å². The van der Waals surface area contributed by atoms with Gasteiger partial charge in [0.05, 0.1) is 0 Å². The molecule has 2 N–H and O–H groups in total. The molecule has 0 aliphatic heterocycles. The van der Waals surface area contributed by atoms with Gasteiger partial charge >= 0.3 is 0 Å². The van der Waals surface area contributed by atoms with Gasteiger partial charge in [-0.2, -0.15) is 0 Å². The molecule has 1 aliphatic carbocycles. The second kappa shape index (κ2) is 6.17. The number of hydrogen-bond donors (Lipinski definition) is 1. The van der Waals surface area contributed by atoms with Gasteiger partial charge in [-0.25, -0.2) is 0 Å². The van der Waals surface area contributed by atoms with Crippen LogP contribution >= 0.6 is 0 Å². The summed E-state index contributed by atoms with van der Waals surface area (Å²) >= 11 is 0. The average Bonchev–Trinajstić information content (AvgIpc) is 2.89. The fourth-order valence-electron chi connectivity index (χ4n) is 2.99. The van der Waals surface area contributed by atoms with Crippen LogP contribution < -0.4 is 10.5 Å². The van der Waals surface area contributed by atoms with Crippen molar-refractivity contribution in [3.8, 4) is 5.75 Å². The van der Waals surface area contributed by atoms with E-state index in [4.69, 9.17) is 10.5 Å². The molecule has 0 radical (unpaired) electrons. The Balaban J connectivity index is 1.96. The fourth-order valence-corrected chi connectivity index (χ4v) is 2.99. The van der Waals surface area contributed by atoms with Crippen molar-refractivity contribution in [3.05, 3.63) is 29.3 Å². The van der Waals surface area contributed by atoms with Gasteiger partial charge < -0.3 is 10.5 Å². The normalized spacial score (nSPS) is 18.2. The average molecular weight is 275 g/mol. The number of nitrogens with two attached hydrogens (primary N) is 1. The number of benzene rings is 1. The predicted molar refractivity (Wildman–Crippen MR) is 85.3 cm³/mol. The van der Waals surface area contributed by atoms with E-state index in [0.717, 1.165) is 5.75 Å². The Morgan fingerprint density at radius 3 is 2.45 bits per heavy atom. The van der Waals surface area contributed by atoms with Crippen LogP contribution in [-0.4, -0.2) is 12.6 Å². The van der Waals surface area contributed by atoms with Crippen molar-refractivity contribution < 1.29 is 4.74 Å². The van der Waals surface area contributed by atoms with E-state index in [-0.39, 0.29) is 11.5 Å². The van der Waals surface area contributed by atoms with Gasteiger partial charge in [-0.05, 0) is 48.3 Å². The van der Waals surface area contributed by atoms with E-state index in [1.807, 2.05) is 0 Å². The maximum atomic E-state index is 6.25. The quantitative estimate of drug-likeness (QED) is 0.894. The zero-order valence-corrected chi connectivity index (χ0v) is 13.4. The van der Waals surface area contributed by atoms with Gasteiger partial charge in [0.25, 0.3) is 0 Å². The third-order valence-electron chi connectivity index (χ3n) is 4.48. The first-order chi connectivity index (χ1) is 9.38. The molecule has 2 nitrogen and oxygen atoms in total. The van der Waals surface area contributed by atoms with Gasteiger partial charge in [0.15, 0.2) is 0 Å². The molecule has 112 valence electrons. The summed E-state index contributed by atoms with van der Waals surface area (Å²) in [5.41, 5.74) is 8.99. The number of rotatable bonds is 4. The maximum absolute atomic E-state index is 6.25. The molecule has 1 fully saturated rings. The van der Waals surface area contributed by atoms with Crippen molar-refractivity contribution in [1.29, 1.82) is 0 Å². The van der Waals surface area contributed by atoms with E-state index in [2.05, 4.69) is 45.9 Å². The number of aryl methyl sites for hydroxylation is 1. The number of hydrogen-bond acceptors (Lipinski definition) is 2. The zero-order chi connectivity index (χ0) is 14.8. The molecule has 1 aliphatic rings. The van der Waals surface area contributed by atoms with Crippen molar-refractivity contribution in [2.75, 3.05) is 6.61 Å². The Labute approximate surface area is 123 Å². The van der Waals surface area contributed by atoms with Gasteiger partial charge in [-0.1, -0.05) is 45.7 Å². The largest absolute Gasteiger partial charge is 0.492 e. The van der Waals surface area contributed by atoms with Gasteiger partial charge in [0.2, 0.25) is 0 Å². The van der Waals surface area contributed by atoms with Crippen LogP contribution in [-0.2, 0) is 5.41 Å². The van der Waals surface area contributed by atoms with Crippen molar-refractivity contribution in [1.82, 2.24) is 0 Å². The monoisotopic (exact) mass is 275 g/mol. The predicted octanol–water partition coefficient (Wildman–Crippen LogP) is 4.19. The molecule has 1 unspecified atom stereocenters. The van der Waals surface area contributed by atoms with E-state index in [1.165, 1.54) is 36.8 Å². The first-order valence-electron chi connectivity index (χ1n) is 7.87. The fraction of sp³-hybridized carbons (Fsp3) is 0.667. The van der Waals surface area contributed by atoms with Crippen LogP contribution in [0.15, 0.2) is 18.2 Å². The Hall–Kier alpha value is -1.02. The van der Waals surface area contributed by atoms with E-state index >= 15 is 0 Å². The highest BCUT2D eigenvalue weighted by Crippen LogP contribution is 2.29. The highest BCUT2D eigenvalue weighted by molar-refractivity contribution is 5.38. The first-order valence-corrected chi connectivity index (χ1v) is 7.87. The van der Waals surface area contributed by atoms with Crippen molar-refractivity contribution >= 4 is 0 Å². The van der Waals surface area contributed by atoms with Crippen LogP contribution in [0.25, 0.3) is 0 Å². The molecule has 0 spiro atoms. The molecule has 2 rings (SSSR count). The highest BCUT2D eigenvalue weighted by atomic mass is 16.5. The van der Waals surface area contributed by atoms with Gasteiger partial charge in [-0.15, -0.1) is 0 Å². The Bertz CT molecular complexity index is 441. The minimum Gasteiger partial charge on any atom is -0.492 e. The molecule has 1 atom stereocenters. The summed E-state index contributed by atoms with van der Waals surface area (Å²) in [5, 5.41) is 0. The maximum Gasteiger partial charge on any atom is 0.122 e. The summed E-state index contributed by atoms with van der Waals surface area (Å²) in [6.07, 6.45) is 5.20. The van der Waals surface area contributed by atoms with Crippen molar-refractivity contribution in [3.63, 3.8) is 0 Å². The molecular weight excluding hydrogens is 246 g/mol. The first kappa shape index (κ1) is 15.4.